The zero-order valence-electron chi connectivity index (χ0n) is 28.1. The Morgan fingerprint density at radius 2 is 1.19 bits per heavy atom. The molecule has 9 N–H and O–H groups in total. The Morgan fingerprint density at radius 3 is 1.65 bits per heavy atom. The number of phenolic OH excluding ortho intramolecular Hbond substituents is 5. The van der Waals surface area contributed by atoms with Crippen molar-refractivity contribution in [2.75, 3.05) is 0 Å². The number of aliphatic hydroxyl groups excluding tert-OH is 1. The lowest BCUT2D eigenvalue weighted by Gasteiger charge is -2.24. The van der Waals surface area contributed by atoms with Gasteiger partial charge in [0.25, 0.3) is 0 Å². The number of phenols is 6. The molecule has 4 aromatic rings. The molecule has 256 valence electrons. The van der Waals surface area contributed by atoms with Gasteiger partial charge in [-0.3, -0.25) is 14.6 Å². The third-order valence-electron chi connectivity index (χ3n) is 8.75. The van der Waals surface area contributed by atoms with E-state index in [0.29, 0.717) is 33.0 Å². The quantitative estimate of drug-likeness (QED) is 0.0792. The van der Waals surface area contributed by atoms with E-state index in [1.54, 1.807) is 53.7 Å². The van der Waals surface area contributed by atoms with Gasteiger partial charge in [-0.2, -0.15) is 0 Å². The van der Waals surface area contributed by atoms with Gasteiger partial charge < -0.3 is 46.2 Å². The van der Waals surface area contributed by atoms with E-state index in [2.05, 4.69) is 10.3 Å². The van der Waals surface area contributed by atoms with Crippen LogP contribution in [0.25, 0.3) is 32.7 Å². The third kappa shape index (κ3) is 5.76. The minimum absolute atomic E-state index is 0.0579. The Balaban J connectivity index is 2.12. The smallest absolute Gasteiger partial charge is 0.325 e. The molecule has 0 bridgehead atoms. The highest BCUT2D eigenvalue weighted by molar-refractivity contribution is 6.13. The summed E-state index contributed by atoms with van der Waals surface area (Å²) in [7, 11) is 0. The SMILES string of the molecule is Cc1cc2c(C(C)C)c(O)c(O)c(C=NC(C)C(=O)NC(C)C(=O)O)c2c(O)c1-c1c(C)cc2c(C(C)C)c(O)c(O)c(CO)c2c1O. The summed E-state index contributed by atoms with van der Waals surface area (Å²) >= 11 is 0. The van der Waals surface area contributed by atoms with Gasteiger partial charge >= 0.3 is 5.97 Å². The molecular weight excluding hydrogens is 620 g/mol. The maximum absolute atomic E-state index is 12.6. The molecule has 0 saturated carbocycles. The zero-order chi connectivity index (χ0) is 36.1. The van der Waals surface area contributed by atoms with Gasteiger partial charge in [0.05, 0.1) is 6.61 Å². The van der Waals surface area contributed by atoms with Crippen LogP contribution < -0.4 is 5.32 Å². The van der Waals surface area contributed by atoms with Crippen LogP contribution in [0.3, 0.4) is 0 Å². The molecule has 4 aromatic carbocycles. The van der Waals surface area contributed by atoms with E-state index < -0.39 is 59.3 Å². The highest BCUT2D eigenvalue weighted by Crippen LogP contribution is 2.54. The van der Waals surface area contributed by atoms with Crippen LogP contribution in [0, 0.1) is 13.8 Å². The summed E-state index contributed by atoms with van der Waals surface area (Å²) in [5.41, 5.74) is 1.72. The highest BCUT2D eigenvalue weighted by Gasteiger charge is 2.30. The molecule has 0 aliphatic rings. The van der Waals surface area contributed by atoms with Gasteiger partial charge in [-0.25, -0.2) is 0 Å². The first-order valence-corrected chi connectivity index (χ1v) is 15.5. The van der Waals surface area contributed by atoms with Crippen molar-refractivity contribution in [3.05, 3.63) is 45.5 Å². The number of aryl methyl sites for hydroxylation is 2. The monoisotopic (exact) mass is 662 g/mol. The number of amides is 1. The Morgan fingerprint density at radius 1 is 0.729 bits per heavy atom. The summed E-state index contributed by atoms with van der Waals surface area (Å²) in [5.74, 6) is -5.37. The third-order valence-corrected chi connectivity index (χ3v) is 8.75. The van der Waals surface area contributed by atoms with E-state index in [1.807, 2.05) is 0 Å². The topological polar surface area (TPSA) is 220 Å². The highest BCUT2D eigenvalue weighted by atomic mass is 16.4. The second-order valence-electron chi connectivity index (χ2n) is 12.8. The van der Waals surface area contributed by atoms with Gasteiger partial charge in [-0.05, 0) is 61.4 Å². The molecule has 0 aromatic heterocycles. The molecule has 4 rings (SSSR count). The van der Waals surface area contributed by atoms with Crippen molar-refractivity contribution in [2.24, 2.45) is 4.99 Å². The number of carbonyl (C=O) groups excluding carboxylic acids is 1. The number of carboxylic acid groups (broad SMARTS) is 1. The number of hydrogen-bond donors (Lipinski definition) is 9. The summed E-state index contributed by atoms with van der Waals surface area (Å²) < 4.78 is 0. The first kappa shape index (κ1) is 35.6. The average molecular weight is 663 g/mol. The number of nitrogens with one attached hydrogen (secondary N) is 1. The molecule has 0 heterocycles. The summed E-state index contributed by atoms with van der Waals surface area (Å²) in [6.07, 6.45) is 1.11. The number of rotatable bonds is 9. The second kappa shape index (κ2) is 13.1. The molecule has 48 heavy (non-hydrogen) atoms. The van der Waals surface area contributed by atoms with Crippen molar-refractivity contribution in [1.82, 2.24) is 5.32 Å². The van der Waals surface area contributed by atoms with Crippen molar-refractivity contribution in [1.29, 1.82) is 0 Å². The van der Waals surface area contributed by atoms with Crippen LogP contribution >= 0.6 is 0 Å². The number of carboxylic acids is 1. The minimum atomic E-state index is -1.24. The van der Waals surface area contributed by atoms with Crippen molar-refractivity contribution in [3.63, 3.8) is 0 Å². The van der Waals surface area contributed by atoms with Gasteiger partial charge in [0, 0.05) is 50.4 Å². The predicted molar refractivity (Wildman–Crippen MR) is 183 cm³/mol. The lowest BCUT2D eigenvalue weighted by molar-refractivity contribution is -0.141. The van der Waals surface area contributed by atoms with E-state index in [1.165, 1.54) is 13.8 Å². The van der Waals surface area contributed by atoms with Crippen LogP contribution in [0.1, 0.15) is 86.8 Å². The molecule has 0 fully saturated rings. The Hall–Kier alpha value is -5.23. The van der Waals surface area contributed by atoms with Gasteiger partial charge in [0.15, 0.2) is 23.0 Å². The Kier molecular flexibility index (Phi) is 9.73. The van der Waals surface area contributed by atoms with Crippen LogP contribution in [0.5, 0.6) is 34.5 Å². The molecule has 1 amide bonds. The Labute approximate surface area is 277 Å². The molecule has 0 aliphatic carbocycles. The molecule has 2 unspecified atom stereocenters. The Bertz CT molecular complexity index is 2010. The van der Waals surface area contributed by atoms with E-state index in [4.69, 9.17) is 5.11 Å². The number of aliphatic carboxylic acids is 1. The molecule has 12 nitrogen and oxygen atoms in total. The lowest BCUT2D eigenvalue weighted by atomic mass is 9.83. The summed E-state index contributed by atoms with van der Waals surface area (Å²) in [5, 5.41) is 90.5. The number of aliphatic hydroxyl groups is 1. The van der Waals surface area contributed by atoms with Gasteiger partial charge in [-0.1, -0.05) is 39.8 Å². The number of fused-ring (bicyclic) bond motifs is 2. The number of hydrogen-bond acceptors (Lipinski definition) is 10. The van der Waals surface area contributed by atoms with Crippen LogP contribution in [0.4, 0.5) is 0 Å². The van der Waals surface area contributed by atoms with Crippen LogP contribution in [0.2, 0.25) is 0 Å². The van der Waals surface area contributed by atoms with Crippen LogP contribution in [0.15, 0.2) is 17.1 Å². The van der Waals surface area contributed by atoms with Crippen LogP contribution in [-0.2, 0) is 16.2 Å². The standard InChI is InChI=1S/C36H42N2O10/c1-13(2)23-19-9-15(5)25(26-16(6)10-20-24(14(3)4)34(45)30(41)22(12-39)28(20)32(26)43)31(42)27(19)21(29(40)33(23)44)11-37-17(7)35(46)38-18(8)36(47)48/h9-11,13-14,17-18,39-45H,12H2,1-8H3,(H,38,46)(H,47,48). The van der Waals surface area contributed by atoms with Crippen LogP contribution in [-0.4, -0.2) is 71.0 Å². The lowest BCUT2D eigenvalue weighted by Crippen LogP contribution is -2.42. The fraction of sp³-hybridized carbons (Fsp3) is 0.361. The fourth-order valence-corrected chi connectivity index (χ4v) is 6.35. The van der Waals surface area contributed by atoms with Crippen molar-refractivity contribution >= 4 is 39.6 Å². The number of benzene rings is 4. The number of aromatic hydroxyl groups is 6. The van der Waals surface area contributed by atoms with E-state index in [0.717, 1.165) is 6.21 Å². The average Bonchev–Trinajstić information content (AvgIpc) is 2.99. The van der Waals surface area contributed by atoms with Gasteiger partial charge in [0.2, 0.25) is 5.91 Å². The van der Waals surface area contributed by atoms with Crippen molar-refractivity contribution < 1.29 is 50.4 Å². The fourth-order valence-electron chi connectivity index (χ4n) is 6.35. The largest absolute Gasteiger partial charge is 0.507 e. The second-order valence-corrected chi connectivity index (χ2v) is 12.8. The summed E-state index contributed by atoms with van der Waals surface area (Å²) in [6, 6.07) is 1.07. The first-order valence-electron chi connectivity index (χ1n) is 15.5. The maximum atomic E-state index is 12.6. The molecule has 0 aliphatic heterocycles. The number of nitrogens with zero attached hydrogens (tertiary/aromatic N) is 1. The van der Waals surface area contributed by atoms with E-state index in [-0.39, 0.29) is 50.6 Å². The van der Waals surface area contributed by atoms with E-state index in [9.17, 15) is 45.3 Å². The zero-order valence-corrected chi connectivity index (χ0v) is 28.1. The molecule has 0 spiro atoms. The first-order chi connectivity index (χ1) is 22.4. The minimum Gasteiger partial charge on any atom is -0.507 e. The summed E-state index contributed by atoms with van der Waals surface area (Å²) in [4.78, 5) is 28.0. The molecule has 0 saturated heterocycles. The molecule has 2 atom stereocenters. The van der Waals surface area contributed by atoms with Gasteiger partial charge in [-0.15, -0.1) is 0 Å². The predicted octanol–water partition coefficient (Wildman–Crippen LogP) is 5.65. The number of carbonyl (C=O) groups is 2. The molecule has 12 heteroatoms. The molecule has 0 radical (unpaired) electrons. The maximum Gasteiger partial charge on any atom is 0.325 e. The summed E-state index contributed by atoms with van der Waals surface area (Å²) in [6.45, 7) is 12.6. The normalized spacial score (nSPS) is 13.2. The van der Waals surface area contributed by atoms with E-state index >= 15 is 0 Å². The van der Waals surface area contributed by atoms with Crippen molar-refractivity contribution in [3.8, 4) is 45.6 Å². The number of aliphatic imine (C=N–C) groups is 1. The van der Waals surface area contributed by atoms with Gasteiger partial charge in [0.1, 0.15) is 23.6 Å². The molecular formula is C36H42N2O10. The van der Waals surface area contributed by atoms with Crippen molar-refractivity contribution in [2.45, 2.75) is 85.9 Å².